The Morgan fingerprint density at radius 1 is 1.43 bits per heavy atom. The van der Waals surface area contributed by atoms with Gasteiger partial charge in [0.25, 0.3) is 5.91 Å². The molecule has 0 saturated heterocycles. The first-order chi connectivity index (χ1) is 10.3. The zero-order chi connectivity index (χ0) is 14.7. The molecule has 1 aliphatic heterocycles. The molecule has 0 saturated carbocycles. The van der Waals surface area contributed by atoms with Gasteiger partial charge < -0.3 is 15.6 Å². The molecule has 0 aliphatic carbocycles. The van der Waals surface area contributed by atoms with Crippen molar-refractivity contribution >= 4 is 11.6 Å². The Kier molecular flexibility index (Phi) is 3.61. The Balaban J connectivity index is 1.57. The molecule has 0 spiro atoms. The fraction of sp³-hybridized carbons (Fsp3) is 0.250. The second kappa shape index (κ2) is 5.71. The molecular weight excluding hydrogens is 264 g/mol. The molecule has 1 aliphatic rings. The summed E-state index contributed by atoms with van der Waals surface area (Å²) in [5.74, 6) is -0.183. The van der Waals surface area contributed by atoms with Gasteiger partial charge in [0.15, 0.2) is 0 Å². The van der Waals surface area contributed by atoms with Gasteiger partial charge in [-0.2, -0.15) is 5.26 Å². The lowest BCUT2D eigenvalue weighted by molar-refractivity contribution is 0.0947. The lowest BCUT2D eigenvalue weighted by atomic mass is 9.98. The molecule has 0 unspecified atom stereocenters. The standard InChI is InChI=1S/C16H16N4O/c17-8-11-7-15(18-9-11)16(21)19-10-13-6-5-12-3-1-2-4-14(12)20-13/h1-4,7,9,13,18,20H,5-6,10H2,(H,19,21)/t13-/m0/s1. The molecule has 5 heteroatoms. The molecule has 0 radical (unpaired) electrons. The molecule has 1 atom stereocenters. The van der Waals surface area contributed by atoms with Crippen LogP contribution in [0.4, 0.5) is 5.69 Å². The van der Waals surface area contributed by atoms with E-state index in [1.54, 1.807) is 6.07 Å². The van der Waals surface area contributed by atoms with Gasteiger partial charge in [0.05, 0.1) is 5.56 Å². The number of para-hydroxylation sites is 1. The van der Waals surface area contributed by atoms with Crippen molar-refractivity contribution in [2.75, 3.05) is 11.9 Å². The van der Waals surface area contributed by atoms with E-state index in [0.717, 1.165) is 18.5 Å². The summed E-state index contributed by atoms with van der Waals surface area (Å²) in [6.45, 7) is 0.564. The molecule has 1 aromatic heterocycles. The number of aryl methyl sites for hydroxylation is 1. The zero-order valence-corrected chi connectivity index (χ0v) is 11.5. The second-order valence-electron chi connectivity index (χ2n) is 5.16. The van der Waals surface area contributed by atoms with E-state index in [1.165, 1.54) is 11.8 Å². The monoisotopic (exact) mass is 280 g/mol. The summed E-state index contributed by atoms with van der Waals surface area (Å²) in [5, 5.41) is 15.1. The number of anilines is 1. The average molecular weight is 280 g/mol. The summed E-state index contributed by atoms with van der Waals surface area (Å²) in [4.78, 5) is 14.8. The van der Waals surface area contributed by atoms with E-state index in [1.807, 2.05) is 18.2 Å². The minimum absolute atomic E-state index is 0.183. The van der Waals surface area contributed by atoms with Crippen LogP contribution in [0.25, 0.3) is 0 Å². The Labute approximate surface area is 123 Å². The minimum Gasteiger partial charge on any atom is -0.380 e. The SMILES string of the molecule is N#Cc1c[nH]c(C(=O)NC[C@@H]2CCc3ccccc3N2)c1. The number of carbonyl (C=O) groups excluding carboxylic acids is 1. The van der Waals surface area contributed by atoms with E-state index in [4.69, 9.17) is 5.26 Å². The molecule has 3 N–H and O–H groups in total. The lowest BCUT2D eigenvalue weighted by Gasteiger charge is -2.27. The third kappa shape index (κ3) is 2.90. The maximum absolute atomic E-state index is 12.0. The van der Waals surface area contributed by atoms with Crippen LogP contribution in [-0.4, -0.2) is 23.5 Å². The fourth-order valence-corrected chi connectivity index (χ4v) is 2.56. The topological polar surface area (TPSA) is 80.7 Å². The second-order valence-corrected chi connectivity index (χ2v) is 5.16. The number of aromatic nitrogens is 1. The fourth-order valence-electron chi connectivity index (χ4n) is 2.56. The van der Waals surface area contributed by atoms with Gasteiger partial charge in [0.2, 0.25) is 0 Å². The number of hydrogen-bond acceptors (Lipinski definition) is 3. The van der Waals surface area contributed by atoms with Crippen molar-refractivity contribution in [3.05, 3.63) is 53.3 Å². The highest BCUT2D eigenvalue weighted by molar-refractivity contribution is 5.92. The van der Waals surface area contributed by atoms with Crippen molar-refractivity contribution in [2.45, 2.75) is 18.9 Å². The summed E-state index contributed by atoms with van der Waals surface area (Å²) in [6, 6.07) is 12.0. The molecule has 21 heavy (non-hydrogen) atoms. The molecule has 3 rings (SSSR count). The number of fused-ring (bicyclic) bond motifs is 1. The maximum Gasteiger partial charge on any atom is 0.267 e. The van der Waals surface area contributed by atoms with Gasteiger partial charge in [0.1, 0.15) is 11.8 Å². The van der Waals surface area contributed by atoms with E-state index in [-0.39, 0.29) is 11.9 Å². The van der Waals surface area contributed by atoms with Crippen LogP contribution in [0.5, 0.6) is 0 Å². The van der Waals surface area contributed by atoms with Crippen molar-refractivity contribution in [1.82, 2.24) is 10.3 Å². The van der Waals surface area contributed by atoms with Crippen molar-refractivity contribution in [1.29, 1.82) is 5.26 Å². The molecule has 0 fully saturated rings. The first kappa shape index (κ1) is 13.3. The molecule has 5 nitrogen and oxygen atoms in total. The van der Waals surface area contributed by atoms with Gasteiger partial charge in [-0.15, -0.1) is 0 Å². The minimum atomic E-state index is -0.183. The molecule has 0 bridgehead atoms. The Hall–Kier alpha value is -2.74. The van der Waals surface area contributed by atoms with E-state index in [0.29, 0.717) is 17.8 Å². The number of nitrogens with zero attached hydrogens (tertiary/aromatic N) is 1. The molecule has 2 aromatic rings. The van der Waals surface area contributed by atoms with Crippen LogP contribution in [0.1, 0.15) is 28.0 Å². The van der Waals surface area contributed by atoms with Gasteiger partial charge in [-0.3, -0.25) is 4.79 Å². The normalized spacial score (nSPS) is 16.4. The van der Waals surface area contributed by atoms with E-state index in [2.05, 4.69) is 27.8 Å². The van der Waals surface area contributed by atoms with Crippen molar-refractivity contribution in [3.8, 4) is 6.07 Å². The van der Waals surface area contributed by atoms with Crippen LogP contribution in [0.15, 0.2) is 36.5 Å². The predicted molar refractivity (Wildman–Crippen MR) is 80.0 cm³/mol. The summed E-state index contributed by atoms with van der Waals surface area (Å²) < 4.78 is 0. The number of rotatable bonds is 3. The molecule has 1 amide bonds. The number of nitriles is 1. The number of nitrogens with one attached hydrogen (secondary N) is 3. The summed E-state index contributed by atoms with van der Waals surface area (Å²) >= 11 is 0. The molecule has 1 aromatic carbocycles. The highest BCUT2D eigenvalue weighted by atomic mass is 16.1. The molecule has 106 valence electrons. The van der Waals surface area contributed by atoms with Gasteiger partial charge in [-0.05, 0) is 30.5 Å². The van der Waals surface area contributed by atoms with Crippen LogP contribution in [0, 0.1) is 11.3 Å². The molecular formula is C16H16N4O. The van der Waals surface area contributed by atoms with Crippen molar-refractivity contribution < 1.29 is 4.79 Å². The van der Waals surface area contributed by atoms with Crippen LogP contribution in [0.3, 0.4) is 0 Å². The Bertz CT molecular complexity index is 698. The van der Waals surface area contributed by atoms with Crippen molar-refractivity contribution in [2.24, 2.45) is 0 Å². The van der Waals surface area contributed by atoms with Crippen LogP contribution >= 0.6 is 0 Å². The third-order valence-electron chi connectivity index (χ3n) is 3.70. The number of amides is 1. The van der Waals surface area contributed by atoms with E-state index >= 15 is 0 Å². The Morgan fingerprint density at radius 2 is 2.29 bits per heavy atom. The van der Waals surface area contributed by atoms with Crippen LogP contribution < -0.4 is 10.6 Å². The van der Waals surface area contributed by atoms with E-state index in [9.17, 15) is 4.79 Å². The number of hydrogen-bond donors (Lipinski definition) is 3. The highest BCUT2D eigenvalue weighted by Crippen LogP contribution is 2.23. The predicted octanol–water partition coefficient (Wildman–Crippen LogP) is 2.04. The van der Waals surface area contributed by atoms with Crippen molar-refractivity contribution in [3.63, 3.8) is 0 Å². The maximum atomic E-state index is 12.0. The quantitative estimate of drug-likeness (QED) is 0.805. The van der Waals surface area contributed by atoms with E-state index < -0.39 is 0 Å². The van der Waals surface area contributed by atoms with Crippen LogP contribution in [-0.2, 0) is 6.42 Å². The summed E-state index contributed by atoms with van der Waals surface area (Å²) in [7, 11) is 0. The largest absolute Gasteiger partial charge is 0.380 e. The van der Waals surface area contributed by atoms with Gasteiger partial charge in [-0.1, -0.05) is 18.2 Å². The smallest absolute Gasteiger partial charge is 0.267 e. The third-order valence-corrected chi connectivity index (χ3v) is 3.70. The van der Waals surface area contributed by atoms with Gasteiger partial charge in [-0.25, -0.2) is 0 Å². The number of benzene rings is 1. The number of H-pyrrole nitrogens is 1. The summed E-state index contributed by atoms with van der Waals surface area (Å²) in [5.41, 5.74) is 3.35. The first-order valence-corrected chi connectivity index (χ1v) is 6.97. The summed E-state index contributed by atoms with van der Waals surface area (Å²) in [6.07, 6.45) is 3.54. The highest BCUT2D eigenvalue weighted by Gasteiger charge is 2.18. The van der Waals surface area contributed by atoms with Crippen LogP contribution in [0.2, 0.25) is 0 Å². The Morgan fingerprint density at radius 3 is 3.10 bits per heavy atom. The average Bonchev–Trinajstić information content (AvgIpc) is 3.01. The molecule has 2 heterocycles. The number of aromatic amines is 1. The first-order valence-electron chi connectivity index (χ1n) is 6.97. The number of carbonyl (C=O) groups is 1. The van der Waals surface area contributed by atoms with Gasteiger partial charge >= 0.3 is 0 Å². The van der Waals surface area contributed by atoms with Gasteiger partial charge in [0, 0.05) is 24.5 Å². The lowest BCUT2D eigenvalue weighted by Crippen LogP contribution is -2.38. The zero-order valence-electron chi connectivity index (χ0n) is 11.5.